The lowest BCUT2D eigenvalue weighted by atomic mass is 10.2. The lowest BCUT2D eigenvalue weighted by Crippen LogP contribution is -2.14. The van der Waals surface area contributed by atoms with Crippen molar-refractivity contribution in [2.75, 3.05) is 5.32 Å². The summed E-state index contributed by atoms with van der Waals surface area (Å²) in [6.45, 7) is 3.43. The van der Waals surface area contributed by atoms with Crippen LogP contribution in [-0.2, 0) is 0 Å². The number of nitrogens with zero attached hydrogens (tertiary/aromatic N) is 1. The average Bonchev–Trinajstić information content (AvgIpc) is 2.63. The van der Waals surface area contributed by atoms with Gasteiger partial charge in [-0.25, -0.2) is 4.39 Å². The number of halogens is 3. The third kappa shape index (κ3) is 2.72. The number of aromatic nitrogens is 2. The van der Waals surface area contributed by atoms with Gasteiger partial charge in [0, 0.05) is 5.69 Å². The monoisotopic (exact) mass is 301 g/mol. The van der Waals surface area contributed by atoms with Crippen LogP contribution in [0.4, 0.5) is 10.1 Å². The van der Waals surface area contributed by atoms with Gasteiger partial charge in [0.15, 0.2) is 0 Å². The maximum absolute atomic E-state index is 13.1. The minimum absolute atomic E-state index is 0.0390. The Morgan fingerprint density at radius 2 is 1.89 bits per heavy atom. The maximum Gasteiger partial charge on any atom is 0.259 e. The van der Waals surface area contributed by atoms with Gasteiger partial charge >= 0.3 is 0 Å². The third-order valence-electron chi connectivity index (χ3n) is 2.60. The molecule has 0 saturated carbocycles. The zero-order chi connectivity index (χ0) is 14.2. The van der Waals surface area contributed by atoms with Gasteiger partial charge in [0.2, 0.25) is 0 Å². The van der Waals surface area contributed by atoms with Gasteiger partial charge in [0.1, 0.15) is 5.82 Å². The van der Waals surface area contributed by atoms with E-state index in [9.17, 15) is 9.18 Å². The number of hydrogen-bond donors (Lipinski definition) is 2. The smallest absolute Gasteiger partial charge is 0.259 e. The van der Waals surface area contributed by atoms with Crippen LogP contribution in [0.15, 0.2) is 12.1 Å². The lowest BCUT2D eigenvalue weighted by Gasteiger charge is -2.09. The first-order chi connectivity index (χ1) is 8.90. The fraction of sp³-hybridized carbons (Fsp3) is 0.167. The highest BCUT2D eigenvalue weighted by Crippen LogP contribution is 2.31. The predicted octanol–water partition coefficient (Wildman–Crippen LogP) is 3.72. The van der Waals surface area contributed by atoms with Gasteiger partial charge < -0.3 is 5.32 Å². The van der Waals surface area contributed by atoms with E-state index in [4.69, 9.17) is 23.2 Å². The van der Waals surface area contributed by atoms with Crippen LogP contribution in [0.3, 0.4) is 0 Å². The minimum atomic E-state index is -0.566. The van der Waals surface area contributed by atoms with E-state index in [1.54, 1.807) is 13.8 Å². The summed E-state index contributed by atoms with van der Waals surface area (Å²) in [6.07, 6.45) is 0. The number of benzene rings is 1. The molecule has 100 valence electrons. The van der Waals surface area contributed by atoms with Gasteiger partial charge in [-0.3, -0.25) is 9.89 Å². The van der Waals surface area contributed by atoms with E-state index < -0.39 is 11.7 Å². The summed E-state index contributed by atoms with van der Waals surface area (Å²) in [6, 6.07) is 2.16. The van der Waals surface area contributed by atoms with Crippen molar-refractivity contribution in [2.45, 2.75) is 13.8 Å². The number of hydrogen-bond acceptors (Lipinski definition) is 2. The predicted molar refractivity (Wildman–Crippen MR) is 72.4 cm³/mol. The van der Waals surface area contributed by atoms with E-state index in [0.29, 0.717) is 17.0 Å². The molecular formula is C12H10Cl2FN3O. The van der Waals surface area contributed by atoms with Crippen LogP contribution in [0.2, 0.25) is 10.0 Å². The number of H-pyrrole nitrogens is 1. The first-order valence-corrected chi connectivity index (χ1v) is 6.13. The van der Waals surface area contributed by atoms with Crippen molar-refractivity contribution in [3.8, 4) is 0 Å². The lowest BCUT2D eigenvalue weighted by molar-refractivity contribution is 0.102. The van der Waals surface area contributed by atoms with Crippen LogP contribution in [-0.4, -0.2) is 16.1 Å². The Bertz CT molecular complexity index is 612. The molecule has 0 unspecified atom stereocenters. The van der Waals surface area contributed by atoms with Crippen molar-refractivity contribution >= 4 is 34.8 Å². The molecule has 1 aromatic carbocycles. The normalized spacial score (nSPS) is 10.6. The van der Waals surface area contributed by atoms with E-state index in [1.807, 2.05) is 0 Å². The van der Waals surface area contributed by atoms with Crippen LogP contribution >= 0.6 is 23.2 Å². The van der Waals surface area contributed by atoms with E-state index in [-0.39, 0.29) is 15.7 Å². The third-order valence-corrected chi connectivity index (χ3v) is 3.20. The van der Waals surface area contributed by atoms with Gasteiger partial charge in [0.25, 0.3) is 5.91 Å². The summed E-state index contributed by atoms with van der Waals surface area (Å²) >= 11 is 11.7. The standard InChI is InChI=1S/C12H10Cl2FN3O/c1-5-10(6(2)18-17-5)12(19)16-11-8(13)3-7(15)4-9(11)14/h3-4H,1-2H3,(H,16,19)(H,17,18). The highest BCUT2D eigenvalue weighted by molar-refractivity contribution is 6.40. The van der Waals surface area contributed by atoms with Crippen molar-refractivity contribution in [1.29, 1.82) is 0 Å². The Morgan fingerprint density at radius 3 is 2.37 bits per heavy atom. The molecule has 0 bridgehead atoms. The second-order valence-electron chi connectivity index (χ2n) is 4.01. The summed E-state index contributed by atoms with van der Waals surface area (Å²) in [5, 5.41) is 9.27. The van der Waals surface area contributed by atoms with Crippen molar-refractivity contribution in [2.24, 2.45) is 0 Å². The summed E-state index contributed by atoms with van der Waals surface area (Å²) in [7, 11) is 0. The molecule has 19 heavy (non-hydrogen) atoms. The highest BCUT2D eigenvalue weighted by Gasteiger charge is 2.18. The zero-order valence-corrected chi connectivity index (χ0v) is 11.7. The van der Waals surface area contributed by atoms with E-state index in [1.165, 1.54) is 0 Å². The Balaban J connectivity index is 2.35. The fourth-order valence-electron chi connectivity index (χ4n) is 1.72. The summed E-state index contributed by atoms with van der Waals surface area (Å²) < 4.78 is 13.1. The Morgan fingerprint density at radius 1 is 1.32 bits per heavy atom. The number of carbonyl (C=O) groups is 1. The van der Waals surface area contributed by atoms with E-state index >= 15 is 0 Å². The maximum atomic E-state index is 13.1. The quantitative estimate of drug-likeness (QED) is 0.888. The minimum Gasteiger partial charge on any atom is -0.319 e. The Hall–Kier alpha value is -1.59. The number of amides is 1. The molecular weight excluding hydrogens is 292 g/mol. The summed E-state index contributed by atoms with van der Waals surface area (Å²) in [4.78, 5) is 12.1. The molecule has 0 spiro atoms. The van der Waals surface area contributed by atoms with Gasteiger partial charge in [-0.1, -0.05) is 23.2 Å². The van der Waals surface area contributed by atoms with Gasteiger partial charge in [-0.2, -0.15) is 5.10 Å². The topological polar surface area (TPSA) is 57.8 Å². The number of nitrogens with one attached hydrogen (secondary N) is 2. The molecule has 0 fully saturated rings. The second-order valence-corrected chi connectivity index (χ2v) is 4.82. The molecule has 2 N–H and O–H groups in total. The molecule has 4 nitrogen and oxygen atoms in total. The van der Waals surface area contributed by atoms with Crippen LogP contribution in [0.1, 0.15) is 21.7 Å². The molecule has 0 aliphatic heterocycles. The molecule has 7 heteroatoms. The highest BCUT2D eigenvalue weighted by atomic mass is 35.5. The van der Waals surface area contributed by atoms with Gasteiger partial charge in [-0.15, -0.1) is 0 Å². The summed E-state index contributed by atoms with van der Waals surface area (Å²) in [5.74, 6) is -0.970. The molecule has 1 heterocycles. The van der Waals surface area contributed by atoms with Crippen LogP contribution in [0, 0.1) is 19.7 Å². The van der Waals surface area contributed by atoms with Gasteiger partial charge in [0.05, 0.1) is 27.0 Å². The fourth-order valence-corrected chi connectivity index (χ4v) is 2.28. The number of carbonyl (C=O) groups excluding carboxylic acids is 1. The number of anilines is 1. The van der Waals surface area contributed by atoms with Crippen LogP contribution in [0.25, 0.3) is 0 Å². The summed E-state index contributed by atoms with van der Waals surface area (Å²) in [5.41, 5.74) is 1.78. The van der Waals surface area contributed by atoms with Crippen LogP contribution in [0.5, 0.6) is 0 Å². The molecule has 0 saturated heterocycles. The Kier molecular flexibility index (Phi) is 3.78. The molecule has 1 aromatic heterocycles. The van der Waals surface area contributed by atoms with E-state index in [0.717, 1.165) is 12.1 Å². The van der Waals surface area contributed by atoms with Crippen molar-refractivity contribution in [1.82, 2.24) is 10.2 Å². The number of rotatable bonds is 2. The molecule has 2 rings (SSSR count). The molecule has 0 aliphatic carbocycles. The molecule has 0 aliphatic rings. The van der Waals surface area contributed by atoms with Crippen molar-refractivity contribution in [3.05, 3.63) is 44.9 Å². The molecule has 0 radical (unpaired) electrons. The van der Waals surface area contributed by atoms with E-state index in [2.05, 4.69) is 15.5 Å². The SMILES string of the molecule is Cc1n[nH]c(C)c1C(=O)Nc1c(Cl)cc(F)cc1Cl. The number of aromatic amines is 1. The van der Waals surface area contributed by atoms with Crippen LogP contribution < -0.4 is 5.32 Å². The Labute approximate surface area is 118 Å². The first kappa shape index (κ1) is 13.8. The first-order valence-electron chi connectivity index (χ1n) is 5.37. The number of aryl methyl sites for hydroxylation is 2. The second kappa shape index (κ2) is 5.19. The van der Waals surface area contributed by atoms with Crippen molar-refractivity contribution < 1.29 is 9.18 Å². The zero-order valence-electron chi connectivity index (χ0n) is 10.1. The molecule has 0 atom stereocenters. The molecule has 2 aromatic rings. The van der Waals surface area contributed by atoms with Crippen molar-refractivity contribution in [3.63, 3.8) is 0 Å². The largest absolute Gasteiger partial charge is 0.319 e. The average molecular weight is 302 g/mol. The molecule has 1 amide bonds. The van der Waals surface area contributed by atoms with Gasteiger partial charge in [-0.05, 0) is 26.0 Å².